The number of nitrogens with one attached hydrogen (secondary N) is 3. The molecule has 1 fully saturated rings. The molecule has 8 nitrogen and oxygen atoms in total. The number of ether oxygens (including phenoxy) is 1. The first kappa shape index (κ1) is 24.9. The number of aliphatic hydroxyl groups is 1. The summed E-state index contributed by atoms with van der Waals surface area (Å²) in [4.78, 5) is 36.8. The van der Waals surface area contributed by atoms with E-state index in [1.54, 1.807) is 12.1 Å². The fourth-order valence-electron chi connectivity index (χ4n) is 3.54. The van der Waals surface area contributed by atoms with E-state index in [9.17, 15) is 19.5 Å². The van der Waals surface area contributed by atoms with E-state index < -0.39 is 24.1 Å². The van der Waals surface area contributed by atoms with E-state index in [2.05, 4.69) is 16.0 Å². The summed E-state index contributed by atoms with van der Waals surface area (Å²) in [6.07, 6.45) is 1.27. The third-order valence-corrected chi connectivity index (χ3v) is 5.36. The normalized spacial score (nSPS) is 17.7. The van der Waals surface area contributed by atoms with Crippen LogP contribution in [0, 0.1) is 11.8 Å². The highest BCUT2D eigenvalue weighted by atomic mass is 35.5. The van der Waals surface area contributed by atoms with Crippen molar-refractivity contribution in [3.63, 3.8) is 0 Å². The van der Waals surface area contributed by atoms with Crippen molar-refractivity contribution in [3.05, 3.63) is 34.9 Å². The van der Waals surface area contributed by atoms with E-state index in [1.807, 2.05) is 26.0 Å². The van der Waals surface area contributed by atoms with Crippen LogP contribution in [0.2, 0.25) is 5.02 Å². The van der Waals surface area contributed by atoms with Gasteiger partial charge < -0.3 is 25.8 Å². The van der Waals surface area contributed by atoms with Gasteiger partial charge in [-0.1, -0.05) is 37.6 Å². The Balaban J connectivity index is 1.86. The number of aliphatic hydroxyl groups excluding tert-OH is 1. The van der Waals surface area contributed by atoms with Crippen molar-refractivity contribution >= 4 is 29.5 Å². The molecular formula is C22H32ClN3O5. The molecule has 0 spiro atoms. The summed E-state index contributed by atoms with van der Waals surface area (Å²) < 4.78 is 5.23. The molecule has 1 heterocycles. The molecule has 0 unspecified atom stereocenters. The van der Waals surface area contributed by atoms with Gasteiger partial charge in [-0.15, -0.1) is 0 Å². The third-order valence-electron chi connectivity index (χ3n) is 5.13. The molecule has 1 aromatic rings. The van der Waals surface area contributed by atoms with Crippen LogP contribution >= 0.6 is 11.6 Å². The van der Waals surface area contributed by atoms with E-state index in [0.29, 0.717) is 37.3 Å². The Bertz CT molecular complexity index is 758. The number of hydrogen-bond donors (Lipinski definition) is 4. The second-order valence-electron chi connectivity index (χ2n) is 8.24. The van der Waals surface area contributed by atoms with Crippen LogP contribution in [0.3, 0.4) is 0 Å². The lowest BCUT2D eigenvalue weighted by molar-refractivity contribution is -0.126. The second-order valence-corrected chi connectivity index (χ2v) is 8.68. The number of rotatable bonds is 11. The summed E-state index contributed by atoms with van der Waals surface area (Å²) in [5.41, 5.74) is 0.943. The van der Waals surface area contributed by atoms with Gasteiger partial charge >= 0.3 is 6.09 Å². The highest BCUT2D eigenvalue weighted by Gasteiger charge is 2.30. The van der Waals surface area contributed by atoms with Gasteiger partial charge in [-0.05, 0) is 42.9 Å². The molecule has 0 aliphatic carbocycles. The lowest BCUT2D eigenvalue weighted by atomic mass is 9.97. The van der Waals surface area contributed by atoms with Crippen LogP contribution in [0.1, 0.15) is 38.7 Å². The summed E-state index contributed by atoms with van der Waals surface area (Å²) in [5, 5.41) is 18.4. The molecule has 31 heavy (non-hydrogen) atoms. The quantitative estimate of drug-likeness (QED) is 0.409. The van der Waals surface area contributed by atoms with Gasteiger partial charge in [-0.3, -0.25) is 9.59 Å². The van der Waals surface area contributed by atoms with Gasteiger partial charge in [-0.25, -0.2) is 4.79 Å². The van der Waals surface area contributed by atoms with Crippen LogP contribution in [0.25, 0.3) is 0 Å². The summed E-state index contributed by atoms with van der Waals surface area (Å²) >= 11 is 5.95. The zero-order valence-electron chi connectivity index (χ0n) is 18.0. The maximum atomic E-state index is 12.8. The Morgan fingerprint density at radius 1 is 1.32 bits per heavy atom. The summed E-state index contributed by atoms with van der Waals surface area (Å²) in [5.74, 6) is -0.549. The molecule has 4 N–H and O–H groups in total. The highest BCUT2D eigenvalue weighted by Crippen LogP contribution is 2.16. The van der Waals surface area contributed by atoms with Crippen molar-refractivity contribution < 1.29 is 24.2 Å². The molecule has 1 aliphatic heterocycles. The minimum absolute atomic E-state index is 0.0622. The molecule has 0 aromatic heterocycles. The molecule has 2 rings (SSSR count). The molecule has 3 amide bonds. The molecule has 3 atom stereocenters. The molecule has 0 bridgehead atoms. The average Bonchev–Trinajstić information content (AvgIpc) is 3.11. The van der Waals surface area contributed by atoms with Crippen molar-refractivity contribution in [1.82, 2.24) is 16.0 Å². The fourth-order valence-corrected chi connectivity index (χ4v) is 3.75. The van der Waals surface area contributed by atoms with E-state index in [-0.39, 0.29) is 31.0 Å². The van der Waals surface area contributed by atoms with Gasteiger partial charge in [0.1, 0.15) is 6.04 Å². The number of benzene rings is 1. The van der Waals surface area contributed by atoms with Crippen LogP contribution in [0.5, 0.6) is 0 Å². The summed E-state index contributed by atoms with van der Waals surface area (Å²) in [6, 6.07) is 5.93. The van der Waals surface area contributed by atoms with Crippen molar-refractivity contribution in [2.75, 3.05) is 19.8 Å². The van der Waals surface area contributed by atoms with Crippen molar-refractivity contribution in [2.24, 2.45) is 11.8 Å². The minimum Gasteiger partial charge on any atom is -0.449 e. The zero-order valence-corrected chi connectivity index (χ0v) is 18.8. The van der Waals surface area contributed by atoms with Crippen LogP contribution in [0.4, 0.5) is 4.79 Å². The molecule has 1 aliphatic rings. The number of amides is 3. The molecule has 0 saturated carbocycles. The predicted molar refractivity (Wildman–Crippen MR) is 118 cm³/mol. The Hall–Kier alpha value is -2.32. The number of carbonyl (C=O) groups excluding carboxylic acids is 3. The number of halogens is 1. The van der Waals surface area contributed by atoms with Crippen LogP contribution in [0.15, 0.2) is 24.3 Å². The number of alkyl carbamates (subject to hydrolysis) is 1. The Kier molecular flexibility index (Phi) is 10.1. The second kappa shape index (κ2) is 12.5. The van der Waals surface area contributed by atoms with Crippen molar-refractivity contribution in [2.45, 2.75) is 51.6 Å². The molecule has 0 radical (unpaired) electrons. The first-order valence-corrected chi connectivity index (χ1v) is 11.0. The maximum Gasteiger partial charge on any atom is 0.407 e. The lowest BCUT2D eigenvalue weighted by Gasteiger charge is -2.24. The minimum atomic E-state index is -0.801. The van der Waals surface area contributed by atoms with E-state index in [1.165, 1.54) is 0 Å². The zero-order chi connectivity index (χ0) is 22.8. The standard InChI is InChI=1S/C22H32ClN3O5/c1-14(2)10-19(21(29)25-18(13-27)12-16-6-8-24-20(16)28)26-22(30)31-9-7-15-4-3-5-17(23)11-15/h3-5,11,14,16,18-19,27H,6-10,12-13H2,1-2H3,(H,24,28)(H,25,29)(H,26,30)/t16-,18-,19-/m0/s1. The third kappa shape index (κ3) is 8.75. The van der Waals surface area contributed by atoms with Gasteiger partial charge in [0, 0.05) is 23.9 Å². The molecule has 1 aromatic carbocycles. The Morgan fingerprint density at radius 2 is 2.10 bits per heavy atom. The predicted octanol–water partition coefficient (Wildman–Crippen LogP) is 2.03. The van der Waals surface area contributed by atoms with Crippen molar-refractivity contribution in [1.29, 1.82) is 0 Å². The topological polar surface area (TPSA) is 117 Å². The van der Waals surface area contributed by atoms with Crippen LogP contribution in [-0.4, -0.2) is 54.9 Å². The number of carbonyl (C=O) groups is 3. The summed E-state index contributed by atoms with van der Waals surface area (Å²) in [7, 11) is 0. The summed E-state index contributed by atoms with van der Waals surface area (Å²) in [6.45, 7) is 4.36. The largest absolute Gasteiger partial charge is 0.449 e. The van der Waals surface area contributed by atoms with Gasteiger partial charge in [-0.2, -0.15) is 0 Å². The molecule has 172 valence electrons. The van der Waals surface area contributed by atoms with Gasteiger partial charge in [0.05, 0.1) is 19.3 Å². The maximum absolute atomic E-state index is 12.8. The van der Waals surface area contributed by atoms with E-state index in [4.69, 9.17) is 16.3 Å². The van der Waals surface area contributed by atoms with Crippen LogP contribution in [-0.2, 0) is 20.7 Å². The first-order chi connectivity index (χ1) is 14.8. The molecule has 1 saturated heterocycles. The number of hydrogen-bond acceptors (Lipinski definition) is 5. The fraction of sp³-hybridized carbons (Fsp3) is 0.591. The van der Waals surface area contributed by atoms with Crippen molar-refractivity contribution in [3.8, 4) is 0 Å². The van der Waals surface area contributed by atoms with E-state index in [0.717, 1.165) is 5.56 Å². The van der Waals surface area contributed by atoms with Gasteiger partial charge in [0.2, 0.25) is 11.8 Å². The Morgan fingerprint density at radius 3 is 2.71 bits per heavy atom. The van der Waals surface area contributed by atoms with Gasteiger partial charge in [0.25, 0.3) is 0 Å². The Labute approximate surface area is 188 Å². The molecule has 9 heteroatoms. The first-order valence-electron chi connectivity index (χ1n) is 10.6. The van der Waals surface area contributed by atoms with Gasteiger partial charge in [0.15, 0.2) is 0 Å². The molecular weight excluding hydrogens is 422 g/mol. The lowest BCUT2D eigenvalue weighted by Crippen LogP contribution is -2.51. The highest BCUT2D eigenvalue weighted by molar-refractivity contribution is 6.30. The SMILES string of the molecule is CC(C)C[C@H](NC(=O)OCCc1cccc(Cl)c1)C(=O)N[C@H](CO)C[C@@H]1CCNC1=O. The monoisotopic (exact) mass is 453 g/mol. The smallest absolute Gasteiger partial charge is 0.407 e. The van der Waals surface area contributed by atoms with Crippen LogP contribution < -0.4 is 16.0 Å². The van der Waals surface area contributed by atoms with E-state index >= 15 is 0 Å². The average molecular weight is 454 g/mol.